The Morgan fingerprint density at radius 1 is 0.638 bits per heavy atom. The number of benzene rings is 5. The predicted octanol–water partition coefficient (Wildman–Crippen LogP) is 6.44. The first-order valence-electron chi connectivity index (χ1n) is 14.6. The minimum absolute atomic E-state index is 0.0711. The van der Waals surface area contributed by atoms with Crippen molar-refractivity contribution in [1.82, 2.24) is 19.5 Å². The molecule has 11 heteroatoms. The maximum atomic E-state index is 10.0. The van der Waals surface area contributed by atoms with Crippen molar-refractivity contribution in [3.05, 3.63) is 114 Å². The number of rotatable bonds is 2. The van der Waals surface area contributed by atoms with E-state index in [4.69, 9.17) is 32.3 Å². The van der Waals surface area contributed by atoms with Crippen LogP contribution in [0.1, 0.15) is 5.82 Å². The Labute approximate surface area is 266 Å². The Bertz CT molecular complexity index is 2590. The first kappa shape index (κ1) is 25.2. The first-order chi connectivity index (χ1) is 23.1. The summed E-state index contributed by atoms with van der Waals surface area (Å²) in [6.07, 6.45) is 0. The van der Waals surface area contributed by atoms with E-state index in [0.717, 1.165) is 49.7 Å². The van der Waals surface area contributed by atoms with E-state index in [-0.39, 0.29) is 24.3 Å². The summed E-state index contributed by atoms with van der Waals surface area (Å²) in [6.45, 7) is 14.9. The summed E-state index contributed by atoms with van der Waals surface area (Å²) < 4.78 is 21.0. The molecule has 10 rings (SSSR count). The topological polar surface area (TPSA) is 104 Å². The van der Waals surface area contributed by atoms with Gasteiger partial charge in [0, 0.05) is 22.0 Å². The lowest BCUT2D eigenvalue weighted by Gasteiger charge is -2.37. The van der Waals surface area contributed by atoms with Gasteiger partial charge in [0.2, 0.25) is 11.8 Å². The molecule has 0 radical (unpaired) electrons. The van der Waals surface area contributed by atoms with Crippen LogP contribution in [0.5, 0.6) is 34.5 Å². The van der Waals surface area contributed by atoms with Gasteiger partial charge in [-0.2, -0.15) is 20.2 Å². The molecule has 0 amide bonds. The second kappa shape index (κ2) is 8.95. The summed E-state index contributed by atoms with van der Waals surface area (Å²) in [5.74, 6) is 4.50. The molecule has 47 heavy (non-hydrogen) atoms. The van der Waals surface area contributed by atoms with Gasteiger partial charge < -0.3 is 14.2 Å². The van der Waals surface area contributed by atoms with Crippen molar-refractivity contribution < 1.29 is 14.2 Å². The molecule has 0 saturated heterocycles. The second-order valence-corrected chi connectivity index (χ2v) is 11.3. The normalized spacial score (nSPS) is 12.7. The third-order valence-electron chi connectivity index (χ3n) is 8.85. The number of hydrogen-bond acceptors (Lipinski definition) is 7. The molecule has 0 spiro atoms. The fourth-order valence-electron chi connectivity index (χ4n) is 6.94. The monoisotopic (exact) mass is 603 g/mol. The Balaban J connectivity index is 1.20. The minimum atomic E-state index is -0.135. The Morgan fingerprint density at radius 2 is 1.15 bits per heavy atom. The molecule has 10 nitrogen and oxygen atoms in total. The van der Waals surface area contributed by atoms with Crippen LogP contribution in [0.15, 0.2) is 84.9 Å². The van der Waals surface area contributed by atoms with Crippen molar-refractivity contribution in [2.24, 2.45) is 0 Å². The number of aromatic nitrogens is 4. The standard InChI is InChI=1S/C36H14BN7O3/c1-39-19-9-11-23-21(15-19)22-16-20(40-2)10-12-24(22)44(23)36-42-31(17-38)41-35(43-36)18-13-29-34-30(14-18)47-28-8-4-6-26-33(28)37(34)32-25(45-26)5-3-7-27(32)46-29/h3-16H. The van der Waals surface area contributed by atoms with E-state index in [9.17, 15) is 5.26 Å². The molecular formula is C36H14BN7O3. The highest BCUT2D eigenvalue weighted by Crippen LogP contribution is 2.43. The van der Waals surface area contributed by atoms with Crippen LogP contribution in [0.4, 0.5) is 11.4 Å². The number of ether oxygens (including phenoxy) is 3. The number of nitriles is 1. The average Bonchev–Trinajstić information content (AvgIpc) is 3.44. The smallest absolute Gasteiger partial charge is 0.270 e. The summed E-state index contributed by atoms with van der Waals surface area (Å²) in [7, 11) is 0. The maximum Gasteiger partial charge on any atom is 0.270 e. The SMILES string of the molecule is [C-]#[N+]c1ccc2c(c1)c1cc([N+]#[C-])ccc1n2-c1nc(C#N)nc(-c2cc3c4c(c2)Oc2cccc5c2B4c2c(cccc2O3)O5)n1. The van der Waals surface area contributed by atoms with E-state index in [1.807, 2.05) is 65.2 Å². The van der Waals surface area contributed by atoms with Gasteiger partial charge >= 0.3 is 0 Å². The summed E-state index contributed by atoms with van der Waals surface area (Å²) in [5.41, 5.74) is 5.77. The van der Waals surface area contributed by atoms with E-state index in [1.54, 1.807) is 24.3 Å². The molecule has 7 aromatic rings. The second-order valence-electron chi connectivity index (χ2n) is 11.3. The van der Waals surface area contributed by atoms with E-state index in [1.165, 1.54) is 0 Å². The van der Waals surface area contributed by atoms with Crippen molar-refractivity contribution in [2.45, 2.75) is 0 Å². The summed E-state index contributed by atoms with van der Waals surface area (Å²) in [6, 6.07) is 28.1. The Hall–Kier alpha value is -7.16. The molecule has 0 fully saturated rings. The van der Waals surface area contributed by atoms with Crippen molar-refractivity contribution in [3.8, 4) is 57.9 Å². The lowest BCUT2D eigenvalue weighted by molar-refractivity contribution is 0.443. The van der Waals surface area contributed by atoms with Crippen LogP contribution in [0.25, 0.3) is 48.8 Å². The maximum absolute atomic E-state index is 10.0. The van der Waals surface area contributed by atoms with Crippen molar-refractivity contribution in [3.63, 3.8) is 0 Å². The lowest BCUT2D eigenvalue weighted by atomic mass is 9.34. The highest BCUT2D eigenvalue weighted by molar-refractivity contribution is 6.99. The summed E-state index contributed by atoms with van der Waals surface area (Å²) in [5, 5.41) is 11.6. The molecule has 0 bridgehead atoms. The molecule has 0 unspecified atom stereocenters. The summed E-state index contributed by atoms with van der Waals surface area (Å²) in [4.78, 5) is 21.1. The number of nitrogens with zero attached hydrogens (tertiary/aromatic N) is 7. The van der Waals surface area contributed by atoms with Crippen LogP contribution >= 0.6 is 0 Å². The third kappa shape index (κ3) is 3.38. The fourth-order valence-corrected chi connectivity index (χ4v) is 6.94. The van der Waals surface area contributed by atoms with Gasteiger partial charge in [0.25, 0.3) is 6.71 Å². The lowest BCUT2D eigenvalue weighted by Crippen LogP contribution is -2.59. The van der Waals surface area contributed by atoms with Gasteiger partial charge in [-0.25, -0.2) is 9.69 Å². The minimum Gasteiger partial charge on any atom is -0.458 e. The summed E-state index contributed by atoms with van der Waals surface area (Å²) >= 11 is 0. The van der Waals surface area contributed by atoms with E-state index < -0.39 is 0 Å². The largest absolute Gasteiger partial charge is 0.458 e. The number of fused-ring (bicyclic) bond motifs is 3. The zero-order chi connectivity index (χ0) is 31.4. The quantitative estimate of drug-likeness (QED) is 0.165. The molecule has 0 aliphatic carbocycles. The van der Waals surface area contributed by atoms with Crippen LogP contribution in [-0.4, -0.2) is 26.2 Å². The predicted molar refractivity (Wildman–Crippen MR) is 175 cm³/mol. The first-order valence-corrected chi connectivity index (χ1v) is 14.6. The van der Waals surface area contributed by atoms with Crippen molar-refractivity contribution in [2.75, 3.05) is 0 Å². The molecule has 3 aliphatic rings. The molecule has 2 aromatic heterocycles. The van der Waals surface area contributed by atoms with E-state index in [0.29, 0.717) is 39.9 Å². The average molecular weight is 603 g/mol. The van der Waals surface area contributed by atoms with Gasteiger partial charge in [0.15, 0.2) is 17.2 Å². The molecule has 5 heterocycles. The van der Waals surface area contributed by atoms with E-state index in [2.05, 4.69) is 25.7 Å². The van der Waals surface area contributed by atoms with Gasteiger partial charge in [-0.15, -0.1) is 0 Å². The Morgan fingerprint density at radius 3 is 1.66 bits per heavy atom. The molecule has 3 aliphatic heterocycles. The Kier molecular flexibility index (Phi) is 4.80. The van der Waals surface area contributed by atoms with Crippen molar-refractivity contribution in [1.29, 1.82) is 5.26 Å². The zero-order valence-corrected chi connectivity index (χ0v) is 24.0. The zero-order valence-electron chi connectivity index (χ0n) is 24.0. The van der Waals surface area contributed by atoms with Crippen LogP contribution in [-0.2, 0) is 0 Å². The van der Waals surface area contributed by atoms with Crippen LogP contribution in [0.3, 0.4) is 0 Å². The van der Waals surface area contributed by atoms with Gasteiger partial charge in [-0.1, -0.05) is 24.3 Å². The molecule has 214 valence electrons. The highest BCUT2D eigenvalue weighted by atomic mass is 16.5. The number of hydrogen-bond donors (Lipinski definition) is 0. The van der Waals surface area contributed by atoms with E-state index >= 15 is 0 Å². The molecule has 0 saturated carbocycles. The molecular weight excluding hydrogens is 589 g/mol. The van der Waals surface area contributed by atoms with Gasteiger partial charge in [0.05, 0.1) is 24.2 Å². The molecule has 0 N–H and O–H groups in total. The van der Waals surface area contributed by atoms with Gasteiger partial charge in [-0.3, -0.25) is 4.57 Å². The fraction of sp³-hybridized carbons (Fsp3) is 0. The highest BCUT2D eigenvalue weighted by Gasteiger charge is 2.46. The molecule has 5 aromatic carbocycles. The third-order valence-corrected chi connectivity index (χ3v) is 8.85. The molecule has 0 atom stereocenters. The van der Waals surface area contributed by atoms with Crippen LogP contribution in [0, 0.1) is 24.5 Å². The van der Waals surface area contributed by atoms with Crippen molar-refractivity contribution >= 4 is 56.3 Å². The van der Waals surface area contributed by atoms with Gasteiger partial charge in [0.1, 0.15) is 40.6 Å². The van der Waals surface area contributed by atoms with Gasteiger partial charge in [-0.05, 0) is 71.4 Å². The van der Waals surface area contributed by atoms with Crippen LogP contribution < -0.4 is 30.6 Å². The van der Waals surface area contributed by atoms with Crippen LogP contribution in [0.2, 0.25) is 0 Å².